The first-order valence-electron chi connectivity index (χ1n) is 11.2. The molecule has 0 saturated carbocycles. The molecule has 1 N–H and O–H groups in total. The number of nitrogens with zero attached hydrogens (tertiary/aromatic N) is 5. The van der Waals surface area contributed by atoms with Gasteiger partial charge in [0.15, 0.2) is 0 Å². The highest BCUT2D eigenvalue weighted by atomic mass is 19.1. The van der Waals surface area contributed by atoms with Crippen LogP contribution in [-0.4, -0.2) is 50.4 Å². The highest BCUT2D eigenvalue weighted by Gasteiger charge is 2.32. The fraction of sp³-hybridized carbons (Fsp3) is 0.417. The third-order valence-corrected chi connectivity index (χ3v) is 6.48. The molecule has 1 atom stereocenters. The van der Waals surface area contributed by atoms with Crippen molar-refractivity contribution in [2.75, 3.05) is 24.5 Å². The number of halogens is 1. The van der Waals surface area contributed by atoms with E-state index in [-0.39, 0.29) is 17.6 Å². The van der Waals surface area contributed by atoms with Gasteiger partial charge >= 0.3 is 0 Å². The summed E-state index contributed by atoms with van der Waals surface area (Å²) < 4.78 is 14.1. The van der Waals surface area contributed by atoms with Crippen molar-refractivity contribution >= 4 is 11.7 Å². The molecule has 1 aromatic carbocycles. The number of benzene rings is 1. The molecule has 32 heavy (non-hydrogen) atoms. The maximum absolute atomic E-state index is 14.1. The van der Waals surface area contributed by atoms with Crippen molar-refractivity contribution in [3.63, 3.8) is 0 Å². The Bertz CT molecular complexity index is 1120. The summed E-state index contributed by atoms with van der Waals surface area (Å²) in [6, 6.07) is 6.73. The highest BCUT2D eigenvalue weighted by molar-refractivity contribution is 5.95. The van der Waals surface area contributed by atoms with Crippen LogP contribution in [-0.2, 0) is 24.2 Å². The molecule has 8 heteroatoms. The van der Waals surface area contributed by atoms with Gasteiger partial charge in [-0.3, -0.25) is 14.6 Å². The summed E-state index contributed by atoms with van der Waals surface area (Å²) in [5.74, 6) is 2.50. The largest absolute Gasteiger partial charge is 0.348 e. The molecule has 2 aromatic heterocycles. The minimum absolute atomic E-state index is 0.0451. The van der Waals surface area contributed by atoms with Gasteiger partial charge in [0.25, 0.3) is 0 Å². The molecule has 0 spiro atoms. The first-order chi connectivity index (χ1) is 15.6. The van der Waals surface area contributed by atoms with E-state index in [1.807, 2.05) is 19.2 Å². The van der Waals surface area contributed by atoms with Gasteiger partial charge in [-0.05, 0) is 44.4 Å². The maximum Gasteiger partial charge on any atom is 0.228 e. The lowest BCUT2D eigenvalue weighted by Gasteiger charge is -2.30. The van der Waals surface area contributed by atoms with E-state index in [1.165, 1.54) is 6.07 Å². The van der Waals surface area contributed by atoms with Crippen molar-refractivity contribution in [2.45, 2.75) is 45.1 Å². The number of hydrogen-bond donors (Lipinski definition) is 1. The number of amides is 1. The molecule has 2 aliphatic heterocycles. The molecule has 166 valence electrons. The van der Waals surface area contributed by atoms with Gasteiger partial charge < -0.3 is 4.98 Å². The minimum Gasteiger partial charge on any atom is -0.348 e. The number of anilines is 1. The summed E-state index contributed by atoms with van der Waals surface area (Å²) in [6.07, 6.45) is 6.14. The van der Waals surface area contributed by atoms with Crippen LogP contribution >= 0.6 is 0 Å². The van der Waals surface area contributed by atoms with Crippen LogP contribution in [0.25, 0.3) is 0 Å². The van der Waals surface area contributed by atoms with Crippen LogP contribution in [0.1, 0.15) is 47.2 Å². The SMILES string of the molecule is Cc1nc(C2CCN(Cc3ncc[nH]3)C2)nc2c1CCC(=O)N2CCc1ccccc1F. The number of likely N-dealkylation sites (tertiary alicyclic amines) is 1. The van der Waals surface area contributed by atoms with Crippen LogP contribution in [0.2, 0.25) is 0 Å². The fourth-order valence-electron chi connectivity index (χ4n) is 4.73. The van der Waals surface area contributed by atoms with Crippen molar-refractivity contribution in [1.29, 1.82) is 0 Å². The number of nitrogens with one attached hydrogen (secondary N) is 1. The van der Waals surface area contributed by atoms with E-state index in [0.29, 0.717) is 37.2 Å². The molecule has 1 unspecified atom stereocenters. The number of rotatable bonds is 6. The average Bonchev–Trinajstić information content (AvgIpc) is 3.47. The molecule has 1 amide bonds. The van der Waals surface area contributed by atoms with Crippen LogP contribution in [0, 0.1) is 12.7 Å². The second-order valence-corrected chi connectivity index (χ2v) is 8.61. The predicted molar refractivity (Wildman–Crippen MR) is 119 cm³/mol. The van der Waals surface area contributed by atoms with Gasteiger partial charge in [-0.15, -0.1) is 0 Å². The third-order valence-electron chi connectivity index (χ3n) is 6.48. The van der Waals surface area contributed by atoms with Gasteiger partial charge in [-0.25, -0.2) is 19.3 Å². The zero-order valence-electron chi connectivity index (χ0n) is 18.2. The highest BCUT2D eigenvalue weighted by Crippen LogP contribution is 2.32. The molecule has 0 radical (unpaired) electrons. The summed E-state index contributed by atoms with van der Waals surface area (Å²) in [5.41, 5.74) is 2.59. The zero-order chi connectivity index (χ0) is 22.1. The van der Waals surface area contributed by atoms with Crippen molar-refractivity contribution < 1.29 is 9.18 Å². The lowest BCUT2D eigenvalue weighted by molar-refractivity contribution is -0.118. The Hall–Kier alpha value is -3.13. The van der Waals surface area contributed by atoms with E-state index >= 15 is 0 Å². The molecular formula is C24H27FN6O. The molecule has 5 rings (SSSR count). The molecule has 0 aliphatic carbocycles. The number of aromatic amines is 1. The van der Waals surface area contributed by atoms with E-state index in [2.05, 4.69) is 14.9 Å². The molecule has 3 aromatic rings. The Morgan fingerprint density at radius 1 is 1.22 bits per heavy atom. The van der Waals surface area contributed by atoms with E-state index < -0.39 is 0 Å². The monoisotopic (exact) mass is 434 g/mol. The van der Waals surface area contributed by atoms with Crippen molar-refractivity contribution in [3.05, 3.63) is 70.9 Å². The quantitative estimate of drug-likeness (QED) is 0.645. The lowest BCUT2D eigenvalue weighted by atomic mass is 10.0. The van der Waals surface area contributed by atoms with Gasteiger partial charge in [0.1, 0.15) is 23.3 Å². The summed E-state index contributed by atoms with van der Waals surface area (Å²) >= 11 is 0. The Kier molecular flexibility index (Phi) is 5.70. The second kappa shape index (κ2) is 8.78. The van der Waals surface area contributed by atoms with Crippen LogP contribution in [0.4, 0.5) is 10.2 Å². The smallest absolute Gasteiger partial charge is 0.228 e. The van der Waals surface area contributed by atoms with Gasteiger partial charge in [-0.1, -0.05) is 18.2 Å². The first-order valence-corrected chi connectivity index (χ1v) is 11.2. The average molecular weight is 435 g/mol. The standard InChI is InChI=1S/C24H27FN6O/c1-16-19-6-7-22(32)31(13-9-17-4-2-3-5-20(17)25)24(19)29-23(28-16)18-8-12-30(14-18)15-21-26-10-11-27-21/h2-5,10-11,18H,6-9,12-15H2,1H3,(H,26,27). The number of aryl methyl sites for hydroxylation is 1. The van der Waals surface area contributed by atoms with Gasteiger partial charge in [-0.2, -0.15) is 0 Å². The lowest BCUT2D eigenvalue weighted by Crippen LogP contribution is -2.38. The number of aromatic nitrogens is 4. The number of imidazole rings is 1. The van der Waals surface area contributed by atoms with Gasteiger partial charge in [0, 0.05) is 49.1 Å². The number of fused-ring (bicyclic) bond motifs is 1. The molecule has 1 saturated heterocycles. The molecular weight excluding hydrogens is 407 g/mol. The van der Waals surface area contributed by atoms with Crippen LogP contribution < -0.4 is 4.90 Å². The summed E-state index contributed by atoms with van der Waals surface area (Å²) in [4.78, 5) is 34.1. The Labute approximate surface area is 186 Å². The fourth-order valence-corrected chi connectivity index (χ4v) is 4.73. The third kappa shape index (κ3) is 4.14. The Balaban J connectivity index is 1.36. The zero-order valence-corrected chi connectivity index (χ0v) is 18.2. The first kappa shape index (κ1) is 20.8. The molecule has 1 fully saturated rings. The maximum atomic E-state index is 14.1. The topological polar surface area (TPSA) is 78.0 Å². The van der Waals surface area contributed by atoms with Gasteiger partial charge in [0.2, 0.25) is 5.91 Å². The van der Waals surface area contributed by atoms with Crippen LogP contribution in [0.15, 0.2) is 36.7 Å². The van der Waals surface area contributed by atoms with E-state index in [0.717, 1.165) is 49.0 Å². The number of carbonyl (C=O) groups excluding carboxylic acids is 1. The Morgan fingerprint density at radius 3 is 2.91 bits per heavy atom. The predicted octanol–water partition coefficient (Wildman–Crippen LogP) is 3.16. The van der Waals surface area contributed by atoms with Crippen LogP contribution in [0.5, 0.6) is 0 Å². The van der Waals surface area contributed by atoms with Crippen LogP contribution in [0.3, 0.4) is 0 Å². The summed E-state index contributed by atoms with van der Waals surface area (Å²) in [5, 5.41) is 0. The summed E-state index contributed by atoms with van der Waals surface area (Å²) in [6.45, 7) is 5.02. The normalized spacial score (nSPS) is 18.9. The van der Waals surface area contributed by atoms with E-state index in [1.54, 1.807) is 23.2 Å². The van der Waals surface area contributed by atoms with E-state index in [4.69, 9.17) is 9.97 Å². The molecule has 2 aliphatic rings. The molecule has 0 bridgehead atoms. The van der Waals surface area contributed by atoms with Crippen molar-refractivity contribution in [1.82, 2.24) is 24.8 Å². The summed E-state index contributed by atoms with van der Waals surface area (Å²) in [7, 11) is 0. The number of carbonyl (C=O) groups is 1. The number of hydrogen-bond acceptors (Lipinski definition) is 5. The second-order valence-electron chi connectivity index (χ2n) is 8.61. The number of H-pyrrole nitrogens is 1. The minimum atomic E-state index is -0.237. The molecule has 4 heterocycles. The van der Waals surface area contributed by atoms with E-state index in [9.17, 15) is 9.18 Å². The molecule has 7 nitrogen and oxygen atoms in total. The van der Waals surface area contributed by atoms with Crippen molar-refractivity contribution in [2.24, 2.45) is 0 Å². The Morgan fingerprint density at radius 2 is 2.09 bits per heavy atom. The van der Waals surface area contributed by atoms with Crippen molar-refractivity contribution in [3.8, 4) is 0 Å². The van der Waals surface area contributed by atoms with Gasteiger partial charge in [0.05, 0.1) is 6.54 Å².